The van der Waals surface area contributed by atoms with Crippen LogP contribution in [0.15, 0.2) is 41.2 Å². The number of ether oxygens (including phenoxy) is 1. The first-order valence-corrected chi connectivity index (χ1v) is 5.43. The first-order chi connectivity index (χ1) is 8.70. The van der Waals surface area contributed by atoms with Crippen molar-refractivity contribution in [2.24, 2.45) is 0 Å². The van der Waals surface area contributed by atoms with Gasteiger partial charge in [-0.3, -0.25) is 4.79 Å². The van der Waals surface area contributed by atoms with Crippen LogP contribution >= 0.6 is 0 Å². The van der Waals surface area contributed by atoms with Crippen LogP contribution in [-0.2, 0) is 6.54 Å². The summed E-state index contributed by atoms with van der Waals surface area (Å²) in [5.74, 6) is 0.352. The number of nitrogen functional groups attached to an aromatic ring is 1. The summed E-state index contributed by atoms with van der Waals surface area (Å²) in [6.45, 7) is 0.395. The number of nitrogens with one attached hydrogen (secondary N) is 1. The molecule has 0 unspecified atom stereocenters. The molecule has 0 aliphatic rings. The number of rotatable bonds is 4. The predicted molar refractivity (Wildman–Crippen MR) is 67.3 cm³/mol. The Balaban J connectivity index is 2.08. The lowest BCUT2D eigenvalue weighted by atomic mass is 10.1. The smallest absolute Gasteiger partial charge is 0.253 e. The number of nitrogens with two attached hydrogens (primary N) is 1. The number of hydrogen-bond acceptors (Lipinski definition) is 4. The van der Waals surface area contributed by atoms with Crippen LogP contribution in [0.5, 0.6) is 5.75 Å². The zero-order valence-electron chi connectivity index (χ0n) is 9.97. The molecule has 0 fully saturated rings. The molecule has 94 valence electrons. The summed E-state index contributed by atoms with van der Waals surface area (Å²) >= 11 is 0. The van der Waals surface area contributed by atoms with E-state index in [2.05, 4.69) is 5.32 Å². The van der Waals surface area contributed by atoms with E-state index in [0.29, 0.717) is 23.5 Å². The minimum Gasteiger partial charge on any atom is -0.497 e. The first kappa shape index (κ1) is 12.0. The van der Waals surface area contributed by atoms with Gasteiger partial charge in [0.1, 0.15) is 5.75 Å². The number of hydrogen-bond donors (Lipinski definition) is 2. The van der Waals surface area contributed by atoms with E-state index in [1.165, 1.54) is 0 Å². The van der Waals surface area contributed by atoms with Gasteiger partial charge in [0.2, 0.25) is 0 Å². The highest BCUT2D eigenvalue weighted by Gasteiger charge is 2.10. The van der Waals surface area contributed by atoms with Gasteiger partial charge in [-0.2, -0.15) is 0 Å². The van der Waals surface area contributed by atoms with E-state index in [9.17, 15) is 4.79 Å². The maximum absolute atomic E-state index is 12.0. The van der Waals surface area contributed by atoms with E-state index in [1.807, 2.05) is 0 Å². The Morgan fingerprint density at radius 2 is 2.28 bits per heavy atom. The minimum absolute atomic E-state index is 0.243. The van der Waals surface area contributed by atoms with Crippen LogP contribution in [0.2, 0.25) is 0 Å². The lowest BCUT2D eigenvalue weighted by Gasteiger charge is -2.08. The van der Waals surface area contributed by atoms with Gasteiger partial charge in [0.15, 0.2) is 0 Å². The Bertz CT molecular complexity index is 535. The van der Waals surface area contributed by atoms with Gasteiger partial charge in [0, 0.05) is 17.8 Å². The summed E-state index contributed by atoms with van der Waals surface area (Å²) in [6.07, 6.45) is 3.14. The molecule has 0 atom stereocenters. The van der Waals surface area contributed by atoms with Gasteiger partial charge in [-0.05, 0) is 24.3 Å². The van der Waals surface area contributed by atoms with E-state index >= 15 is 0 Å². The number of amides is 1. The molecule has 1 aromatic heterocycles. The number of carbonyl (C=O) groups is 1. The molecule has 0 aliphatic carbocycles. The average Bonchev–Trinajstić information content (AvgIpc) is 2.89. The van der Waals surface area contributed by atoms with Gasteiger partial charge in [-0.1, -0.05) is 0 Å². The second-order valence-electron chi connectivity index (χ2n) is 3.77. The maximum Gasteiger partial charge on any atom is 0.253 e. The highest BCUT2D eigenvalue weighted by Crippen LogP contribution is 2.19. The highest BCUT2D eigenvalue weighted by molar-refractivity contribution is 5.99. The molecule has 3 N–H and O–H groups in total. The van der Waals surface area contributed by atoms with Gasteiger partial charge >= 0.3 is 0 Å². The topological polar surface area (TPSA) is 77.5 Å². The summed E-state index contributed by atoms with van der Waals surface area (Å²) < 4.78 is 9.98. The van der Waals surface area contributed by atoms with Crippen molar-refractivity contribution >= 4 is 11.6 Å². The lowest BCUT2D eigenvalue weighted by molar-refractivity contribution is 0.0951. The third-order valence-electron chi connectivity index (χ3n) is 2.54. The quantitative estimate of drug-likeness (QED) is 0.806. The molecule has 1 aromatic carbocycles. The van der Waals surface area contributed by atoms with Crippen LogP contribution in [0.4, 0.5) is 5.69 Å². The second-order valence-corrected chi connectivity index (χ2v) is 3.77. The SMILES string of the molecule is COc1ccc(N)c(C(=O)NCc2ccoc2)c1. The molecule has 0 saturated heterocycles. The molecule has 0 bridgehead atoms. The molecule has 18 heavy (non-hydrogen) atoms. The number of furan rings is 1. The van der Waals surface area contributed by atoms with Crippen molar-refractivity contribution in [3.63, 3.8) is 0 Å². The summed E-state index contributed by atoms with van der Waals surface area (Å²) in [5.41, 5.74) is 7.47. The number of carbonyl (C=O) groups excluding carboxylic acids is 1. The van der Waals surface area contributed by atoms with Crippen LogP contribution in [0.1, 0.15) is 15.9 Å². The molecule has 0 spiro atoms. The standard InChI is InChI=1S/C13H14N2O3/c1-17-10-2-3-12(14)11(6-10)13(16)15-7-9-4-5-18-8-9/h2-6,8H,7,14H2,1H3,(H,15,16). The third-order valence-corrected chi connectivity index (χ3v) is 2.54. The summed E-state index contributed by atoms with van der Waals surface area (Å²) in [7, 11) is 1.54. The normalized spacial score (nSPS) is 10.1. The molecule has 0 radical (unpaired) electrons. The van der Waals surface area contributed by atoms with Crippen LogP contribution in [0.3, 0.4) is 0 Å². The molecule has 2 aromatic rings. The fraction of sp³-hybridized carbons (Fsp3) is 0.154. The largest absolute Gasteiger partial charge is 0.497 e. The fourth-order valence-electron chi connectivity index (χ4n) is 1.53. The average molecular weight is 246 g/mol. The molecule has 5 heteroatoms. The number of anilines is 1. The maximum atomic E-state index is 12.0. The van der Waals surface area contributed by atoms with Crippen molar-refractivity contribution < 1.29 is 13.9 Å². The van der Waals surface area contributed by atoms with Gasteiger partial charge in [-0.25, -0.2) is 0 Å². The van der Waals surface area contributed by atoms with Gasteiger partial charge < -0.3 is 20.2 Å². The zero-order chi connectivity index (χ0) is 13.0. The van der Waals surface area contributed by atoms with Crippen molar-refractivity contribution in [3.05, 3.63) is 47.9 Å². The molecule has 0 aliphatic heterocycles. The molecule has 5 nitrogen and oxygen atoms in total. The second kappa shape index (κ2) is 5.27. The lowest BCUT2D eigenvalue weighted by Crippen LogP contribution is -2.23. The Hall–Kier alpha value is -2.43. The Labute approximate surface area is 105 Å². The molecule has 0 saturated carbocycles. The van der Waals surface area contributed by atoms with Crippen molar-refractivity contribution in [1.82, 2.24) is 5.32 Å². The van der Waals surface area contributed by atoms with E-state index in [4.69, 9.17) is 14.9 Å². The fourth-order valence-corrected chi connectivity index (χ4v) is 1.53. The van der Waals surface area contributed by atoms with Gasteiger partial charge in [-0.15, -0.1) is 0 Å². The van der Waals surface area contributed by atoms with E-state index in [-0.39, 0.29) is 5.91 Å². The van der Waals surface area contributed by atoms with E-state index in [0.717, 1.165) is 5.56 Å². The third kappa shape index (κ3) is 2.63. The van der Waals surface area contributed by atoms with Crippen molar-refractivity contribution in [2.75, 3.05) is 12.8 Å². The first-order valence-electron chi connectivity index (χ1n) is 5.43. The monoisotopic (exact) mass is 246 g/mol. The highest BCUT2D eigenvalue weighted by atomic mass is 16.5. The van der Waals surface area contributed by atoms with Crippen molar-refractivity contribution in [2.45, 2.75) is 6.54 Å². The Morgan fingerprint density at radius 3 is 2.94 bits per heavy atom. The zero-order valence-corrected chi connectivity index (χ0v) is 9.97. The van der Waals surface area contributed by atoms with Gasteiger partial charge in [0.05, 0.1) is 25.2 Å². The molecule has 1 heterocycles. The van der Waals surface area contributed by atoms with Crippen LogP contribution in [0, 0.1) is 0 Å². The van der Waals surface area contributed by atoms with Gasteiger partial charge in [0.25, 0.3) is 5.91 Å². The van der Waals surface area contributed by atoms with E-state index in [1.54, 1.807) is 43.9 Å². The van der Waals surface area contributed by atoms with Crippen LogP contribution in [-0.4, -0.2) is 13.0 Å². The van der Waals surface area contributed by atoms with Crippen LogP contribution in [0.25, 0.3) is 0 Å². The molecule has 2 rings (SSSR count). The van der Waals surface area contributed by atoms with Crippen LogP contribution < -0.4 is 15.8 Å². The summed E-state index contributed by atoms with van der Waals surface area (Å²) in [5, 5.41) is 2.76. The predicted octanol–water partition coefficient (Wildman–Crippen LogP) is 1.80. The summed E-state index contributed by atoms with van der Waals surface area (Å²) in [4.78, 5) is 12.0. The molecular formula is C13H14N2O3. The van der Waals surface area contributed by atoms with E-state index < -0.39 is 0 Å². The number of benzene rings is 1. The number of methoxy groups -OCH3 is 1. The summed E-state index contributed by atoms with van der Waals surface area (Å²) in [6, 6.07) is 6.75. The van der Waals surface area contributed by atoms with Crippen molar-refractivity contribution in [3.8, 4) is 5.75 Å². The Kier molecular flexibility index (Phi) is 3.52. The molecule has 1 amide bonds. The molecular weight excluding hydrogens is 232 g/mol. The Morgan fingerprint density at radius 1 is 1.44 bits per heavy atom. The van der Waals surface area contributed by atoms with Crippen molar-refractivity contribution in [1.29, 1.82) is 0 Å². The minimum atomic E-state index is -0.243.